The first-order chi connectivity index (χ1) is 8.43. The highest BCUT2D eigenvalue weighted by molar-refractivity contribution is 5.77. The predicted molar refractivity (Wildman–Crippen MR) is 64.0 cm³/mol. The highest BCUT2D eigenvalue weighted by Crippen LogP contribution is 2.18. The van der Waals surface area contributed by atoms with Crippen LogP contribution in [0.4, 0.5) is 8.78 Å². The van der Waals surface area contributed by atoms with E-state index >= 15 is 0 Å². The number of halogens is 2. The van der Waals surface area contributed by atoms with Gasteiger partial charge in [-0.2, -0.15) is 0 Å². The van der Waals surface area contributed by atoms with Crippen molar-refractivity contribution in [2.24, 2.45) is 0 Å². The van der Waals surface area contributed by atoms with Crippen LogP contribution in [0.1, 0.15) is 32.4 Å². The molecule has 1 N–H and O–H groups in total. The summed E-state index contributed by atoms with van der Waals surface area (Å²) >= 11 is 0. The summed E-state index contributed by atoms with van der Waals surface area (Å²) in [6.45, 7) is 5.56. The van der Waals surface area contributed by atoms with E-state index in [2.05, 4.69) is 5.32 Å². The van der Waals surface area contributed by atoms with Crippen LogP contribution >= 0.6 is 0 Å². The predicted octanol–water partition coefficient (Wildman–Crippen LogP) is 2.57. The van der Waals surface area contributed by atoms with Crippen LogP contribution in [-0.4, -0.2) is 18.6 Å². The minimum Gasteiger partial charge on any atom is -0.465 e. The van der Waals surface area contributed by atoms with Gasteiger partial charge in [0.25, 0.3) is 0 Å². The van der Waals surface area contributed by atoms with Crippen LogP contribution in [0.2, 0.25) is 0 Å². The third-order valence-corrected chi connectivity index (χ3v) is 2.24. The molecule has 0 bridgehead atoms. The van der Waals surface area contributed by atoms with Gasteiger partial charge in [-0.3, -0.25) is 5.32 Å². The Morgan fingerprint density at radius 1 is 1.28 bits per heavy atom. The van der Waals surface area contributed by atoms with Gasteiger partial charge in [0.05, 0.1) is 6.61 Å². The monoisotopic (exact) mass is 257 g/mol. The normalized spacial score (nSPS) is 12.6. The Balaban J connectivity index is 3.04. The van der Waals surface area contributed by atoms with Crippen molar-refractivity contribution in [1.29, 1.82) is 0 Å². The van der Waals surface area contributed by atoms with Gasteiger partial charge >= 0.3 is 5.97 Å². The molecule has 0 heterocycles. The minimum atomic E-state index is -0.866. The molecule has 0 aliphatic carbocycles. The number of ether oxygens (including phenoxy) is 1. The summed E-state index contributed by atoms with van der Waals surface area (Å²) in [5, 5.41) is 2.93. The second kappa shape index (κ2) is 6.44. The number of nitrogens with one attached hydrogen (secondary N) is 1. The Bertz CT molecular complexity index is 401. The Labute approximate surface area is 105 Å². The molecule has 0 fully saturated rings. The molecule has 1 unspecified atom stereocenters. The summed E-state index contributed by atoms with van der Waals surface area (Å²) in [7, 11) is 0. The number of benzene rings is 1. The molecular weight excluding hydrogens is 240 g/mol. The van der Waals surface area contributed by atoms with Gasteiger partial charge in [-0.05, 0) is 38.5 Å². The lowest BCUT2D eigenvalue weighted by atomic mass is 10.1. The van der Waals surface area contributed by atoms with Gasteiger partial charge in [-0.1, -0.05) is 0 Å². The molecule has 100 valence electrons. The third-order valence-electron chi connectivity index (χ3n) is 2.24. The zero-order valence-electron chi connectivity index (χ0n) is 10.7. The van der Waals surface area contributed by atoms with Crippen LogP contribution in [0.5, 0.6) is 0 Å². The molecule has 1 rings (SSSR count). The van der Waals surface area contributed by atoms with E-state index in [-0.39, 0.29) is 18.2 Å². The smallest absolute Gasteiger partial charge is 0.327 e. The van der Waals surface area contributed by atoms with Gasteiger partial charge in [0.1, 0.15) is 17.7 Å². The second-order valence-electron chi connectivity index (χ2n) is 4.21. The van der Waals surface area contributed by atoms with Crippen molar-refractivity contribution in [3.8, 4) is 0 Å². The van der Waals surface area contributed by atoms with Crippen molar-refractivity contribution in [3.63, 3.8) is 0 Å². The quantitative estimate of drug-likeness (QED) is 0.824. The zero-order chi connectivity index (χ0) is 13.7. The van der Waals surface area contributed by atoms with E-state index in [9.17, 15) is 13.6 Å². The average Bonchev–Trinajstić information content (AvgIpc) is 2.24. The van der Waals surface area contributed by atoms with Crippen LogP contribution in [0.15, 0.2) is 18.2 Å². The number of carbonyl (C=O) groups excluding carboxylic acids is 1. The fourth-order valence-corrected chi connectivity index (χ4v) is 1.60. The van der Waals surface area contributed by atoms with E-state index in [0.29, 0.717) is 0 Å². The number of rotatable bonds is 5. The van der Waals surface area contributed by atoms with Gasteiger partial charge in [0, 0.05) is 12.1 Å². The first-order valence-corrected chi connectivity index (χ1v) is 5.82. The lowest BCUT2D eigenvalue weighted by Gasteiger charge is -2.20. The van der Waals surface area contributed by atoms with E-state index in [1.807, 2.05) is 13.8 Å². The van der Waals surface area contributed by atoms with Gasteiger partial charge < -0.3 is 4.74 Å². The summed E-state index contributed by atoms with van der Waals surface area (Å²) in [5.41, 5.74) is 0.222. The maximum atomic E-state index is 13.2. The van der Waals surface area contributed by atoms with Crippen molar-refractivity contribution < 1.29 is 18.3 Å². The Hall–Kier alpha value is -1.49. The maximum absolute atomic E-state index is 13.2. The van der Waals surface area contributed by atoms with Crippen molar-refractivity contribution in [1.82, 2.24) is 5.32 Å². The molecule has 0 aliphatic rings. The molecule has 0 amide bonds. The molecule has 18 heavy (non-hydrogen) atoms. The largest absolute Gasteiger partial charge is 0.465 e. The van der Waals surface area contributed by atoms with Crippen LogP contribution < -0.4 is 5.32 Å². The van der Waals surface area contributed by atoms with Gasteiger partial charge in [-0.25, -0.2) is 13.6 Å². The zero-order valence-corrected chi connectivity index (χ0v) is 10.7. The maximum Gasteiger partial charge on any atom is 0.327 e. The summed E-state index contributed by atoms with van der Waals surface area (Å²) in [4.78, 5) is 11.8. The molecule has 0 aromatic heterocycles. The second-order valence-corrected chi connectivity index (χ2v) is 4.21. The first-order valence-electron chi connectivity index (χ1n) is 5.82. The van der Waals surface area contributed by atoms with E-state index in [1.54, 1.807) is 6.92 Å². The molecular formula is C13H17F2NO2. The van der Waals surface area contributed by atoms with E-state index < -0.39 is 23.6 Å². The summed E-state index contributed by atoms with van der Waals surface area (Å²) < 4.78 is 31.2. The van der Waals surface area contributed by atoms with E-state index in [4.69, 9.17) is 4.74 Å². The molecule has 1 atom stereocenters. The van der Waals surface area contributed by atoms with Crippen molar-refractivity contribution in [2.45, 2.75) is 32.9 Å². The third kappa shape index (κ3) is 4.07. The fraction of sp³-hybridized carbons (Fsp3) is 0.462. The highest BCUT2D eigenvalue weighted by Gasteiger charge is 2.23. The number of carbonyl (C=O) groups is 1. The van der Waals surface area contributed by atoms with E-state index in [1.165, 1.54) is 0 Å². The SMILES string of the molecule is CCOC(=O)C(NC(C)C)c1cc(F)cc(F)c1. The Kier molecular flexibility index (Phi) is 5.22. The molecule has 0 radical (unpaired) electrons. The molecule has 0 saturated carbocycles. The van der Waals surface area contributed by atoms with Crippen molar-refractivity contribution in [3.05, 3.63) is 35.4 Å². The van der Waals surface area contributed by atoms with Gasteiger partial charge in [0.2, 0.25) is 0 Å². The van der Waals surface area contributed by atoms with Crippen molar-refractivity contribution >= 4 is 5.97 Å². The summed E-state index contributed by atoms with van der Waals surface area (Å²) in [5.74, 6) is -1.98. The van der Waals surface area contributed by atoms with Crippen LogP contribution in [0, 0.1) is 11.6 Å². The number of hydrogen-bond acceptors (Lipinski definition) is 3. The molecule has 1 aromatic rings. The molecule has 0 aliphatic heterocycles. The molecule has 5 heteroatoms. The van der Waals surface area contributed by atoms with Crippen LogP contribution in [-0.2, 0) is 9.53 Å². The average molecular weight is 257 g/mol. The molecule has 1 aromatic carbocycles. The fourth-order valence-electron chi connectivity index (χ4n) is 1.60. The number of esters is 1. The molecule has 3 nitrogen and oxygen atoms in total. The Morgan fingerprint density at radius 2 is 1.83 bits per heavy atom. The first kappa shape index (κ1) is 14.6. The summed E-state index contributed by atoms with van der Waals surface area (Å²) in [6, 6.07) is 2.13. The van der Waals surface area contributed by atoms with Gasteiger partial charge in [-0.15, -0.1) is 0 Å². The topological polar surface area (TPSA) is 38.3 Å². The van der Waals surface area contributed by atoms with Crippen LogP contribution in [0.25, 0.3) is 0 Å². The highest BCUT2D eigenvalue weighted by atomic mass is 19.1. The summed E-state index contributed by atoms with van der Waals surface area (Å²) in [6.07, 6.45) is 0. The standard InChI is InChI=1S/C13H17F2NO2/c1-4-18-13(17)12(16-8(2)3)9-5-10(14)7-11(15)6-9/h5-8,12,16H,4H2,1-3H3. The van der Waals surface area contributed by atoms with E-state index in [0.717, 1.165) is 18.2 Å². The lowest BCUT2D eigenvalue weighted by Crippen LogP contribution is -2.35. The molecule has 0 saturated heterocycles. The minimum absolute atomic E-state index is 0.0225. The van der Waals surface area contributed by atoms with Crippen molar-refractivity contribution in [2.75, 3.05) is 6.61 Å². The molecule has 0 spiro atoms. The van der Waals surface area contributed by atoms with Crippen LogP contribution in [0.3, 0.4) is 0 Å². The van der Waals surface area contributed by atoms with Gasteiger partial charge in [0.15, 0.2) is 0 Å². The number of hydrogen-bond donors (Lipinski definition) is 1. The Morgan fingerprint density at radius 3 is 2.28 bits per heavy atom. The lowest BCUT2D eigenvalue weighted by molar-refractivity contribution is -0.146.